The lowest BCUT2D eigenvalue weighted by molar-refractivity contribution is -0.146. The molecule has 18 heavy (non-hydrogen) atoms. The summed E-state index contributed by atoms with van der Waals surface area (Å²) in [6.07, 6.45) is 1.34. The lowest BCUT2D eigenvalue weighted by Crippen LogP contribution is -2.37. The first kappa shape index (κ1) is 16.6. The molecule has 0 saturated heterocycles. The smallest absolute Gasteiger partial charge is 0.302 e. The Morgan fingerprint density at radius 3 is 2.50 bits per heavy atom. The van der Waals surface area contributed by atoms with Crippen LogP contribution in [0.1, 0.15) is 33.6 Å². The molecule has 2 atom stereocenters. The third-order valence-corrected chi connectivity index (χ3v) is 2.14. The molecule has 6 nitrogen and oxygen atoms in total. The van der Waals surface area contributed by atoms with Gasteiger partial charge in [0, 0.05) is 26.7 Å². The van der Waals surface area contributed by atoms with Crippen LogP contribution in [0.2, 0.25) is 0 Å². The Bertz CT molecular complexity index is 280. The quantitative estimate of drug-likeness (QED) is 0.369. The molecule has 0 aromatic carbocycles. The van der Waals surface area contributed by atoms with Crippen LogP contribution < -0.4 is 5.32 Å². The number of hydrogen-bond acceptors (Lipinski definition) is 5. The van der Waals surface area contributed by atoms with Gasteiger partial charge in [0.25, 0.3) is 0 Å². The van der Waals surface area contributed by atoms with E-state index in [1.165, 1.54) is 13.8 Å². The number of aldehydes is 1. The van der Waals surface area contributed by atoms with E-state index in [-0.39, 0.29) is 37.0 Å². The first-order valence-corrected chi connectivity index (χ1v) is 5.91. The summed E-state index contributed by atoms with van der Waals surface area (Å²) >= 11 is 0. The number of carbonyl (C=O) groups is 3. The molecule has 6 heteroatoms. The summed E-state index contributed by atoms with van der Waals surface area (Å²) < 4.78 is 10.3. The molecule has 0 aliphatic carbocycles. The van der Waals surface area contributed by atoms with Gasteiger partial charge in [0.15, 0.2) is 0 Å². The summed E-state index contributed by atoms with van der Waals surface area (Å²) in [4.78, 5) is 31.9. The van der Waals surface area contributed by atoms with Crippen LogP contribution in [0.25, 0.3) is 0 Å². The van der Waals surface area contributed by atoms with Crippen LogP contribution >= 0.6 is 0 Å². The van der Waals surface area contributed by atoms with Crippen LogP contribution in [0.3, 0.4) is 0 Å². The van der Waals surface area contributed by atoms with Crippen molar-refractivity contribution in [3.8, 4) is 0 Å². The van der Waals surface area contributed by atoms with Crippen molar-refractivity contribution < 1.29 is 23.9 Å². The van der Waals surface area contributed by atoms with E-state index in [9.17, 15) is 14.4 Å². The van der Waals surface area contributed by atoms with Gasteiger partial charge in [0.1, 0.15) is 12.4 Å². The van der Waals surface area contributed by atoms with Crippen molar-refractivity contribution in [2.75, 3.05) is 13.2 Å². The Morgan fingerprint density at radius 2 is 2.00 bits per heavy atom. The normalized spacial score (nSPS) is 13.5. The second-order valence-corrected chi connectivity index (χ2v) is 4.08. The lowest BCUT2D eigenvalue weighted by Gasteiger charge is -2.16. The highest BCUT2D eigenvalue weighted by Crippen LogP contribution is 1.99. The molecule has 0 aromatic rings. The molecule has 0 bridgehead atoms. The number of amides is 1. The molecule has 0 aliphatic heterocycles. The number of ether oxygens (including phenoxy) is 2. The minimum atomic E-state index is -0.320. The highest BCUT2D eigenvalue weighted by molar-refractivity contribution is 5.73. The van der Waals surface area contributed by atoms with Crippen LogP contribution in [-0.4, -0.2) is 43.5 Å². The molecule has 0 radical (unpaired) electrons. The van der Waals surface area contributed by atoms with Gasteiger partial charge in [0.2, 0.25) is 5.91 Å². The fourth-order valence-corrected chi connectivity index (χ4v) is 1.39. The molecule has 0 rings (SSSR count). The predicted octanol–water partition coefficient (Wildman–Crippen LogP) is 0.438. The van der Waals surface area contributed by atoms with Crippen LogP contribution in [0, 0.1) is 0 Å². The minimum absolute atomic E-state index is 0.196. The fraction of sp³-hybridized carbons (Fsp3) is 0.750. The van der Waals surface area contributed by atoms with E-state index in [2.05, 4.69) is 5.32 Å². The molecule has 0 saturated carbocycles. The summed E-state index contributed by atoms with van der Waals surface area (Å²) in [5, 5.41) is 2.62. The standard InChI is InChI=1S/C12H21NO5/c1-9(18-11(3)16)5-7-17-8-12(4-6-14)13-10(2)15/h6,9,12H,4-5,7-8H2,1-3H3,(H,13,15)/t9-,12+/m1/s1. The highest BCUT2D eigenvalue weighted by Gasteiger charge is 2.10. The van der Waals surface area contributed by atoms with Gasteiger partial charge in [-0.25, -0.2) is 0 Å². The van der Waals surface area contributed by atoms with Gasteiger partial charge >= 0.3 is 5.97 Å². The third-order valence-electron chi connectivity index (χ3n) is 2.14. The zero-order chi connectivity index (χ0) is 14.0. The minimum Gasteiger partial charge on any atom is -0.463 e. The predicted molar refractivity (Wildman–Crippen MR) is 64.9 cm³/mol. The van der Waals surface area contributed by atoms with E-state index in [1.807, 2.05) is 0 Å². The van der Waals surface area contributed by atoms with Gasteiger partial charge in [-0.2, -0.15) is 0 Å². The fourth-order valence-electron chi connectivity index (χ4n) is 1.39. The Labute approximate surface area is 107 Å². The topological polar surface area (TPSA) is 81.7 Å². The molecule has 1 N–H and O–H groups in total. The average Bonchev–Trinajstić information content (AvgIpc) is 2.22. The van der Waals surface area contributed by atoms with E-state index >= 15 is 0 Å². The highest BCUT2D eigenvalue weighted by atomic mass is 16.5. The van der Waals surface area contributed by atoms with Gasteiger partial charge < -0.3 is 19.6 Å². The molecule has 0 aliphatic rings. The summed E-state index contributed by atoms with van der Waals surface area (Å²) in [6.45, 7) is 5.20. The summed E-state index contributed by atoms with van der Waals surface area (Å²) in [5.41, 5.74) is 0. The molecule has 1 amide bonds. The van der Waals surface area contributed by atoms with E-state index < -0.39 is 0 Å². The van der Waals surface area contributed by atoms with Gasteiger partial charge in [-0.15, -0.1) is 0 Å². The van der Waals surface area contributed by atoms with Crippen molar-refractivity contribution in [1.82, 2.24) is 5.32 Å². The van der Waals surface area contributed by atoms with Gasteiger partial charge in [-0.05, 0) is 6.92 Å². The van der Waals surface area contributed by atoms with Crippen LogP contribution in [0.15, 0.2) is 0 Å². The zero-order valence-corrected chi connectivity index (χ0v) is 11.1. The number of carbonyl (C=O) groups excluding carboxylic acids is 3. The molecular formula is C12H21NO5. The summed E-state index contributed by atoms with van der Waals surface area (Å²) in [5.74, 6) is -0.515. The number of hydrogen-bond donors (Lipinski definition) is 1. The molecule has 0 aromatic heterocycles. The number of nitrogens with one attached hydrogen (secondary N) is 1. The van der Waals surface area contributed by atoms with Crippen LogP contribution in [0.5, 0.6) is 0 Å². The maximum absolute atomic E-state index is 10.9. The third kappa shape index (κ3) is 9.77. The number of rotatable bonds is 9. The SMILES string of the molecule is CC(=O)N[C@@H](CC=O)COCC[C@@H](C)OC(C)=O. The van der Waals surface area contributed by atoms with E-state index in [1.54, 1.807) is 6.92 Å². The molecule has 0 fully saturated rings. The largest absolute Gasteiger partial charge is 0.463 e. The molecule has 0 heterocycles. The molecule has 0 spiro atoms. The maximum Gasteiger partial charge on any atom is 0.302 e. The van der Waals surface area contributed by atoms with Crippen molar-refractivity contribution in [2.24, 2.45) is 0 Å². The first-order chi connectivity index (χ1) is 8.45. The van der Waals surface area contributed by atoms with E-state index in [0.29, 0.717) is 13.0 Å². The second-order valence-electron chi connectivity index (χ2n) is 4.08. The lowest BCUT2D eigenvalue weighted by atomic mass is 10.2. The molecular weight excluding hydrogens is 238 g/mol. The second kappa shape index (κ2) is 9.58. The van der Waals surface area contributed by atoms with Gasteiger partial charge in [-0.1, -0.05) is 0 Å². The van der Waals surface area contributed by atoms with Gasteiger partial charge in [0.05, 0.1) is 19.3 Å². The Kier molecular flexibility index (Phi) is 8.82. The molecule has 0 unspecified atom stereocenters. The Hall–Kier alpha value is -1.43. The van der Waals surface area contributed by atoms with Crippen molar-refractivity contribution >= 4 is 18.2 Å². The first-order valence-electron chi connectivity index (χ1n) is 5.91. The Balaban J connectivity index is 3.74. The van der Waals surface area contributed by atoms with Crippen molar-refractivity contribution in [3.63, 3.8) is 0 Å². The maximum atomic E-state index is 10.9. The average molecular weight is 259 g/mol. The van der Waals surface area contributed by atoms with Crippen LogP contribution in [-0.2, 0) is 23.9 Å². The monoisotopic (exact) mass is 259 g/mol. The van der Waals surface area contributed by atoms with Crippen molar-refractivity contribution in [2.45, 2.75) is 45.8 Å². The van der Waals surface area contributed by atoms with Crippen LogP contribution in [0.4, 0.5) is 0 Å². The molecule has 104 valence electrons. The zero-order valence-electron chi connectivity index (χ0n) is 11.1. The van der Waals surface area contributed by atoms with Gasteiger partial charge in [-0.3, -0.25) is 9.59 Å². The van der Waals surface area contributed by atoms with Crippen molar-refractivity contribution in [3.05, 3.63) is 0 Å². The summed E-state index contributed by atoms with van der Waals surface area (Å²) in [7, 11) is 0. The number of esters is 1. The van der Waals surface area contributed by atoms with E-state index in [4.69, 9.17) is 9.47 Å². The van der Waals surface area contributed by atoms with E-state index in [0.717, 1.165) is 6.29 Å². The van der Waals surface area contributed by atoms with Crippen molar-refractivity contribution in [1.29, 1.82) is 0 Å². The Morgan fingerprint density at radius 1 is 1.33 bits per heavy atom. The summed E-state index contributed by atoms with van der Waals surface area (Å²) in [6, 6.07) is -0.302.